The summed E-state index contributed by atoms with van der Waals surface area (Å²) >= 11 is 9.28. The zero-order chi connectivity index (χ0) is 16.1. The smallest absolute Gasteiger partial charge is 0.286 e. The van der Waals surface area contributed by atoms with Crippen molar-refractivity contribution in [3.63, 3.8) is 0 Å². The molecule has 0 fully saturated rings. The van der Waals surface area contributed by atoms with Crippen LogP contribution in [0.2, 0.25) is 5.02 Å². The van der Waals surface area contributed by atoms with Gasteiger partial charge in [-0.05, 0) is 48.4 Å². The molecule has 3 nitrogen and oxygen atoms in total. The van der Waals surface area contributed by atoms with Gasteiger partial charge in [-0.25, -0.2) is 0 Å². The summed E-state index contributed by atoms with van der Waals surface area (Å²) in [6.07, 6.45) is 0. The van der Waals surface area contributed by atoms with Gasteiger partial charge in [0.05, 0.1) is 0 Å². The van der Waals surface area contributed by atoms with Crippen LogP contribution in [0, 0.1) is 6.92 Å². The van der Waals surface area contributed by atoms with Gasteiger partial charge in [0, 0.05) is 16.0 Å². The van der Waals surface area contributed by atoms with Gasteiger partial charge in [0.25, 0.3) is 5.91 Å². The molecular formula is C17H15BrClNO2. The monoisotopic (exact) mass is 379 g/mol. The minimum absolute atomic E-state index is 0.0421. The van der Waals surface area contributed by atoms with Crippen molar-refractivity contribution in [1.29, 1.82) is 0 Å². The number of hydrogen-bond acceptors (Lipinski definition) is 2. The van der Waals surface area contributed by atoms with Crippen LogP contribution in [0.3, 0.4) is 0 Å². The Hall–Kier alpha value is -1.78. The van der Waals surface area contributed by atoms with Crippen molar-refractivity contribution in [3.8, 4) is 5.75 Å². The second-order valence-corrected chi connectivity index (χ2v) is 6.10. The maximum Gasteiger partial charge on any atom is 0.286 e. The zero-order valence-corrected chi connectivity index (χ0v) is 14.4. The molecule has 114 valence electrons. The van der Waals surface area contributed by atoms with Gasteiger partial charge in [0.15, 0.2) is 5.76 Å². The van der Waals surface area contributed by atoms with Gasteiger partial charge in [0.1, 0.15) is 5.75 Å². The molecule has 0 radical (unpaired) electrons. The van der Waals surface area contributed by atoms with E-state index in [4.69, 9.17) is 16.3 Å². The predicted octanol–water partition coefficient (Wildman–Crippen LogP) is 4.62. The highest BCUT2D eigenvalue weighted by Gasteiger charge is 2.11. The minimum atomic E-state index is -0.352. The van der Waals surface area contributed by atoms with Crippen molar-refractivity contribution >= 4 is 33.4 Å². The summed E-state index contributed by atoms with van der Waals surface area (Å²) in [5.41, 5.74) is 1.83. The molecule has 0 saturated carbocycles. The molecule has 22 heavy (non-hydrogen) atoms. The molecule has 0 aliphatic carbocycles. The Morgan fingerprint density at radius 1 is 1.32 bits per heavy atom. The number of nitrogens with one attached hydrogen (secondary N) is 1. The summed E-state index contributed by atoms with van der Waals surface area (Å²) in [7, 11) is 0. The van der Waals surface area contributed by atoms with Crippen molar-refractivity contribution in [2.45, 2.75) is 13.5 Å². The fourth-order valence-corrected chi connectivity index (χ4v) is 2.51. The molecule has 2 aromatic rings. The highest BCUT2D eigenvalue weighted by molar-refractivity contribution is 9.10. The number of carbonyl (C=O) groups is 1. The van der Waals surface area contributed by atoms with Gasteiger partial charge in [-0.3, -0.25) is 4.79 Å². The molecule has 0 aliphatic rings. The quantitative estimate of drug-likeness (QED) is 0.607. The molecule has 0 aliphatic heterocycles. The van der Waals surface area contributed by atoms with Gasteiger partial charge in [0.2, 0.25) is 0 Å². The molecule has 0 aromatic heterocycles. The molecule has 0 bridgehead atoms. The average molecular weight is 381 g/mol. The van der Waals surface area contributed by atoms with Gasteiger partial charge in [-0.15, -0.1) is 0 Å². The Morgan fingerprint density at radius 3 is 2.77 bits per heavy atom. The first-order chi connectivity index (χ1) is 10.5. The van der Waals surface area contributed by atoms with E-state index in [0.29, 0.717) is 17.3 Å². The van der Waals surface area contributed by atoms with Crippen LogP contribution in [-0.2, 0) is 11.3 Å². The fraction of sp³-hybridized carbons (Fsp3) is 0.118. The van der Waals surface area contributed by atoms with Crippen molar-refractivity contribution in [2.24, 2.45) is 0 Å². The molecule has 0 heterocycles. The lowest BCUT2D eigenvalue weighted by Crippen LogP contribution is -2.26. The summed E-state index contributed by atoms with van der Waals surface area (Å²) in [4.78, 5) is 12.0. The van der Waals surface area contributed by atoms with E-state index in [9.17, 15) is 4.79 Å². The second-order valence-electron chi connectivity index (χ2n) is 4.75. The van der Waals surface area contributed by atoms with Crippen LogP contribution >= 0.6 is 27.5 Å². The lowest BCUT2D eigenvalue weighted by atomic mass is 10.2. The normalized spacial score (nSPS) is 10.1. The lowest BCUT2D eigenvalue weighted by Gasteiger charge is -2.11. The van der Waals surface area contributed by atoms with E-state index < -0.39 is 0 Å². The molecule has 2 aromatic carbocycles. The van der Waals surface area contributed by atoms with Crippen molar-refractivity contribution < 1.29 is 9.53 Å². The average Bonchev–Trinajstić information content (AvgIpc) is 2.47. The Balaban J connectivity index is 1.93. The first-order valence-corrected chi connectivity index (χ1v) is 7.78. The highest BCUT2D eigenvalue weighted by atomic mass is 79.9. The van der Waals surface area contributed by atoms with Crippen LogP contribution in [0.25, 0.3) is 0 Å². The van der Waals surface area contributed by atoms with E-state index in [1.807, 2.05) is 31.2 Å². The number of rotatable bonds is 5. The largest absolute Gasteiger partial charge is 0.452 e. The van der Waals surface area contributed by atoms with Crippen LogP contribution in [0.15, 0.2) is 59.3 Å². The molecule has 0 atom stereocenters. The third-order valence-corrected chi connectivity index (χ3v) is 3.69. The van der Waals surface area contributed by atoms with Gasteiger partial charge in [-0.2, -0.15) is 0 Å². The number of carbonyl (C=O) groups excluding carboxylic acids is 1. The van der Waals surface area contributed by atoms with Crippen LogP contribution in [-0.4, -0.2) is 5.91 Å². The standard InChI is InChI=1S/C17H15BrClNO2/c1-11-8-15(19)6-7-16(11)22-12(2)17(21)20-10-13-4-3-5-14(18)9-13/h3-9H,2,10H2,1H3,(H,20,21). The Kier molecular flexibility index (Phi) is 5.63. The minimum Gasteiger partial charge on any atom is -0.452 e. The van der Waals surface area contributed by atoms with Crippen LogP contribution in [0.1, 0.15) is 11.1 Å². The molecular weight excluding hydrogens is 366 g/mol. The SMILES string of the molecule is C=C(Oc1ccc(Cl)cc1C)C(=O)NCc1cccc(Br)c1. The maximum absolute atomic E-state index is 12.0. The van der Waals surface area contributed by atoms with E-state index in [1.54, 1.807) is 18.2 Å². The molecule has 0 spiro atoms. The highest BCUT2D eigenvalue weighted by Crippen LogP contribution is 2.23. The number of benzene rings is 2. The summed E-state index contributed by atoms with van der Waals surface area (Å²) in [6, 6.07) is 12.9. The molecule has 5 heteroatoms. The predicted molar refractivity (Wildman–Crippen MR) is 91.9 cm³/mol. The summed E-state index contributed by atoms with van der Waals surface area (Å²) in [6.45, 7) is 5.92. The van der Waals surface area contributed by atoms with E-state index in [2.05, 4.69) is 27.8 Å². The third-order valence-electron chi connectivity index (χ3n) is 2.97. The first kappa shape index (κ1) is 16.6. The van der Waals surface area contributed by atoms with Gasteiger partial charge in [-0.1, -0.05) is 46.2 Å². The van der Waals surface area contributed by atoms with E-state index in [1.165, 1.54) is 0 Å². The number of aryl methyl sites for hydroxylation is 1. The Labute approximate surface area is 143 Å². The summed E-state index contributed by atoms with van der Waals surface area (Å²) < 4.78 is 6.46. The van der Waals surface area contributed by atoms with Crippen LogP contribution in [0.5, 0.6) is 5.75 Å². The van der Waals surface area contributed by atoms with Crippen LogP contribution in [0.4, 0.5) is 0 Å². The fourth-order valence-electron chi connectivity index (χ4n) is 1.83. The van der Waals surface area contributed by atoms with Crippen molar-refractivity contribution in [1.82, 2.24) is 5.32 Å². The molecule has 2 rings (SSSR count). The summed E-state index contributed by atoms with van der Waals surface area (Å²) in [5, 5.41) is 3.39. The molecule has 0 saturated heterocycles. The van der Waals surface area contributed by atoms with E-state index in [-0.39, 0.29) is 11.7 Å². The Bertz CT molecular complexity index is 716. The van der Waals surface area contributed by atoms with E-state index in [0.717, 1.165) is 15.6 Å². The first-order valence-electron chi connectivity index (χ1n) is 6.61. The van der Waals surface area contributed by atoms with Gasteiger partial charge < -0.3 is 10.1 Å². The second kappa shape index (κ2) is 7.47. The zero-order valence-electron chi connectivity index (χ0n) is 12.0. The summed E-state index contributed by atoms with van der Waals surface area (Å²) in [5.74, 6) is 0.252. The Morgan fingerprint density at radius 2 is 2.09 bits per heavy atom. The van der Waals surface area contributed by atoms with Crippen molar-refractivity contribution in [2.75, 3.05) is 0 Å². The van der Waals surface area contributed by atoms with Crippen molar-refractivity contribution in [3.05, 3.63) is 75.4 Å². The number of amides is 1. The third kappa shape index (κ3) is 4.61. The van der Waals surface area contributed by atoms with Gasteiger partial charge >= 0.3 is 0 Å². The topological polar surface area (TPSA) is 38.3 Å². The molecule has 1 N–H and O–H groups in total. The number of ether oxygens (including phenoxy) is 1. The van der Waals surface area contributed by atoms with Crippen LogP contribution < -0.4 is 10.1 Å². The molecule has 0 unspecified atom stereocenters. The lowest BCUT2D eigenvalue weighted by molar-refractivity contribution is -0.119. The van der Waals surface area contributed by atoms with E-state index >= 15 is 0 Å². The number of hydrogen-bond donors (Lipinski definition) is 1. The number of halogens is 2. The maximum atomic E-state index is 12.0. The molecule has 1 amide bonds.